The highest BCUT2D eigenvalue weighted by molar-refractivity contribution is 5.67. The monoisotopic (exact) mass is 263 g/mol. The topological polar surface area (TPSA) is 92.0 Å². The van der Waals surface area contributed by atoms with Gasteiger partial charge < -0.3 is 15.8 Å². The number of nitrogens with zero attached hydrogens (tertiary/aromatic N) is 1. The van der Waals surface area contributed by atoms with Crippen LogP contribution in [0.3, 0.4) is 0 Å². The fourth-order valence-corrected chi connectivity index (χ4v) is 1.64. The first-order valence-corrected chi connectivity index (χ1v) is 5.67. The van der Waals surface area contributed by atoms with Crippen LogP contribution in [0.25, 0.3) is 11.1 Å². The van der Waals surface area contributed by atoms with E-state index in [-0.39, 0.29) is 11.4 Å². The second kappa shape index (κ2) is 4.47. The summed E-state index contributed by atoms with van der Waals surface area (Å²) in [5.74, 6) is -0.669. The van der Waals surface area contributed by atoms with E-state index in [9.17, 15) is 14.3 Å². The summed E-state index contributed by atoms with van der Waals surface area (Å²) in [6.07, 6.45) is 0. The molecule has 5 nitrogen and oxygen atoms in total. The van der Waals surface area contributed by atoms with E-state index < -0.39 is 22.8 Å². The third-order valence-electron chi connectivity index (χ3n) is 2.64. The first kappa shape index (κ1) is 13.2. The summed E-state index contributed by atoms with van der Waals surface area (Å²) in [4.78, 5) is 18.4. The van der Waals surface area contributed by atoms with Crippen LogP contribution < -0.4 is 11.3 Å². The van der Waals surface area contributed by atoms with Crippen LogP contribution in [0.1, 0.15) is 19.7 Å². The summed E-state index contributed by atoms with van der Waals surface area (Å²) in [5.41, 5.74) is 4.79. The molecule has 0 saturated heterocycles. The molecule has 1 aromatic heterocycles. The Kier molecular flexibility index (Phi) is 3.11. The van der Waals surface area contributed by atoms with Crippen molar-refractivity contribution in [2.45, 2.75) is 19.4 Å². The Balaban J connectivity index is 2.60. The number of H-pyrrole nitrogens is 1. The number of benzene rings is 1. The van der Waals surface area contributed by atoms with E-state index in [4.69, 9.17) is 5.73 Å². The molecule has 4 N–H and O–H groups in total. The molecule has 19 heavy (non-hydrogen) atoms. The molecule has 0 aliphatic carbocycles. The minimum Gasteiger partial charge on any atom is -0.493 e. The highest BCUT2D eigenvalue weighted by Gasteiger charge is 2.21. The van der Waals surface area contributed by atoms with Gasteiger partial charge >= 0.3 is 0 Å². The van der Waals surface area contributed by atoms with Crippen molar-refractivity contribution in [3.8, 4) is 17.0 Å². The van der Waals surface area contributed by atoms with Crippen LogP contribution >= 0.6 is 0 Å². The zero-order valence-corrected chi connectivity index (χ0v) is 10.6. The molecule has 0 amide bonds. The molecular weight excluding hydrogens is 249 g/mol. The maximum atomic E-state index is 12.8. The molecule has 6 heteroatoms. The third-order valence-corrected chi connectivity index (χ3v) is 2.64. The number of hydrogen-bond donors (Lipinski definition) is 3. The minimum atomic E-state index is -0.877. The number of rotatable bonds is 2. The molecule has 1 aromatic carbocycles. The van der Waals surface area contributed by atoms with Crippen LogP contribution in [-0.2, 0) is 5.54 Å². The van der Waals surface area contributed by atoms with E-state index >= 15 is 0 Å². The van der Waals surface area contributed by atoms with Gasteiger partial charge in [0.15, 0.2) is 0 Å². The van der Waals surface area contributed by atoms with Gasteiger partial charge in [0, 0.05) is 0 Å². The Morgan fingerprint density at radius 3 is 2.37 bits per heavy atom. The lowest BCUT2D eigenvalue weighted by Crippen LogP contribution is -2.33. The van der Waals surface area contributed by atoms with E-state index in [2.05, 4.69) is 9.97 Å². The predicted molar refractivity (Wildman–Crippen MR) is 69.1 cm³/mol. The van der Waals surface area contributed by atoms with Gasteiger partial charge in [0.1, 0.15) is 17.2 Å². The number of nitrogens with one attached hydrogen (secondary N) is 1. The number of nitrogens with two attached hydrogens (primary N) is 1. The average Bonchev–Trinajstić information content (AvgIpc) is 2.29. The quantitative estimate of drug-likeness (QED) is 0.765. The molecule has 2 aromatic rings. The van der Waals surface area contributed by atoms with Crippen LogP contribution in [0.5, 0.6) is 5.88 Å². The molecule has 0 saturated carbocycles. The molecule has 2 rings (SSSR count). The zero-order chi connectivity index (χ0) is 14.2. The second-order valence-corrected chi connectivity index (χ2v) is 4.84. The SMILES string of the molecule is CC(C)(N)c1nc(O)c(-c2ccc(F)cc2)c(=O)[nH]1. The van der Waals surface area contributed by atoms with Gasteiger partial charge in [0.05, 0.1) is 5.54 Å². The number of aromatic hydroxyl groups is 1. The van der Waals surface area contributed by atoms with E-state index in [0.717, 1.165) is 0 Å². The van der Waals surface area contributed by atoms with Gasteiger partial charge in [-0.15, -0.1) is 0 Å². The number of halogens is 1. The van der Waals surface area contributed by atoms with Crippen LogP contribution in [0.2, 0.25) is 0 Å². The van der Waals surface area contributed by atoms with E-state index in [1.165, 1.54) is 24.3 Å². The molecule has 0 aliphatic rings. The largest absolute Gasteiger partial charge is 0.493 e. The predicted octanol–water partition coefficient (Wildman–Crippen LogP) is 1.48. The molecular formula is C13H14FN3O2. The van der Waals surface area contributed by atoms with E-state index in [1.54, 1.807) is 13.8 Å². The molecule has 0 atom stereocenters. The molecule has 0 aliphatic heterocycles. The summed E-state index contributed by atoms with van der Waals surface area (Å²) in [7, 11) is 0. The van der Waals surface area contributed by atoms with Gasteiger partial charge in [-0.2, -0.15) is 4.98 Å². The molecule has 0 spiro atoms. The molecule has 0 bridgehead atoms. The van der Waals surface area contributed by atoms with Gasteiger partial charge in [-0.05, 0) is 31.5 Å². The lowest BCUT2D eigenvalue weighted by Gasteiger charge is -2.17. The molecule has 1 heterocycles. The fraction of sp³-hybridized carbons (Fsp3) is 0.231. The first-order valence-electron chi connectivity index (χ1n) is 5.67. The second-order valence-electron chi connectivity index (χ2n) is 4.84. The van der Waals surface area contributed by atoms with Crippen LogP contribution in [0, 0.1) is 5.82 Å². The van der Waals surface area contributed by atoms with Gasteiger partial charge in [-0.3, -0.25) is 4.79 Å². The number of aromatic nitrogens is 2. The standard InChI is InChI=1S/C13H14FN3O2/c1-13(2,15)12-16-10(18)9(11(19)17-12)7-3-5-8(14)6-4-7/h3-6H,15H2,1-2H3,(H2,16,17,18,19). The third kappa shape index (κ3) is 2.63. The normalized spacial score (nSPS) is 11.6. The van der Waals surface area contributed by atoms with Crippen molar-refractivity contribution in [3.63, 3.8) is 0 Å². The molecule has 100 valence electrons. The smallest absolute Gasteiger partial charge is 0.262 e. The molecule has 0 fully saturated rings. The summed E-state index contributed by atoms with van der Waals surface area (Å²) in [5, 5.41) is 9.88. The fourth-order valence-electron chi connectivity index (χ4n) is 1.64. The molecule has 0 radical (unpaired) electrons. The Labute approximate surface area is 108 Å². The Bertz CT molecular complexity index is 657. The van der Waals surface area contributed by atoms with Crippen molar-refractivity contribution < 1.29 is 9.50 Å². The first-order chi connectivity index (χ1) is 8.79. The number of hydrogen-bond acceptors (Lipinski definition) is 4. The van der Waals surface area contributed by atoms with Crippen molar-refractivity contribution >= 4 is 0 Å². The number of aromatic amines is 1. The van der Waals surface area contributed by atoms with Crippen molar-refractivity contribution in [3.05, 3.63) is 46.3 Å². The van der Waals surface area contributed by atoms with E-state index in [0.29, 0.717) is 5.56 Å². The van der Waals surface area contributed by atoms with Gasteiger partial charge in [-0.1, -0.05) is 12.1 Å². The summed E-state index contributed by atoms with van der Waals surface area (Å²) in [6.45, 7) is 3.31. The summed E-state index contributed by atoms with van der Waals surface area (Å²) >= 11 is 0. The molecule has 0 unspecified atom stereocenters. The van der Waals surface area contributed by atoms with E-state index in [1.807, 2.05) is 0 Å². The highest BCUT2D eigenvalue weighted by atomic mass is 19.1. The van der Waals surface area contributed by atoms with Crippen LogP contribution in [-0.4, -0.2) is 15.1 Å². The lowest BCUT2D eigenvalue weighted by molar-refractivity contribution is 0.432. The average molecular weight is 263 g/mol. The van der Waals surface area contributed by atoms with Crippen LogP contribution in [0.15, 0.2) is 29.1 Å². The maximum Gasteiger partial charge on any atom is 0.262 e. The van der Waals surface area contributed by atoms with Crippen LogP contribution in [0.4, 0.5) is 4.39 Å². The Morgan fingerprint density at radius 2 is 1.89 bits per heavy atom. The zero-order valence-electron chi connectivity index (χ0n) is 10.6. The highest BCUT2D eigenvalue weighted by Crippen LogP contribution is 2.25. The summed E-state index contributed by atoms with van der Waals surface area (Å²) < 4.78 is 12.8. The maximum absolute atomic E-state index is 12.8. The minimum absolute atomic E-state index is 0.00648. The lowest BCUT2D eigenvalue weighted by atomic mass is 10.0. The van der Waals surface area contributed by atoms with Crippen molar-refractivity contribution in [1.82, 2.24) is 9.97 Å². The Morgan fingerprint density at radius 1 is 1.32 bits per heavy atom. The van der Waals surface area contributed by atoms with Gasteiger partial charge in [0.25, 0.3) is 5.56 Å². The Hall–Kier alpha value is -2.21. The van der Waals surface area contributed by atoms with Crippen molar-refractivity contribution in [1.29, 1.82) is 0 Å². The van der Waals surface area contributed by atoms with Gasteiger partial charge in [-0.25, -0.2) is 4.39 Å². The van der Waals surface area contributed by atoms with Gasteiger partial charge in [0.2, 0.25) is 5.88 Å². The van der Waals surface area contributed by atoms with Crippen molar-refractivity contribution in [2.24, 2.45) is 5.73 Å². The summed E-state index contributed by atoms with van der Waals surface area (Å²) in [6, 6.07) is 5.20. The van der Waals surface area contributed by atoms with Crippen molar-refractivity contribution in [2.75, 3.05) is 0 Å².